The Morgan fingerprint density at radius 3 is 2.60 bits per heavy atom. The third-order valence-corrected chi connectivity index (χ3v) is 2.38. The first-order valence-corrected chi connectivity index (χ1v) is 4.90. The van der Waals surface area contributed by atoms with Crippen LogP contribution in [0, 0.1) is 0 Å². The van der Waals surface area contributed by atoms with Crippen molar-refractivity contribution < 1.29 is 0 Å². The first-order chi connectivity index (χ1) is 6.89. The van der Waals surface area contributed by atoms with E-state index in [-0.39, 0.29) is 11.2 Å². The maximum Gasteiger partial charge on any atom is 0.326 e. The van der Waals surface area contributed by atoms with Gasteiger partial charge in [-0.1, -0.05) is 0 Å². The number of hydrogen-bond donors (Lipinski definition) is 2. The standard InChI is InChI=1S/C11H15N3O/c1-11(2,3)14-9-6-7(12)4-5-8(9)13-10(14)15/h4-6H,12H2,1-3H3,(H,13,15). The number of rotatable bonds is 0. The molecule has 0 saturated heterocycles. The van der Waals surface area contributed by atoms with Gasteiger partial charge < -0.3 is 10.7 Å². The molecule has 0 amide bonds. The SMILES string of the molecule is CC(C)(C)n1c(=O)[nH]c2ccc(N)cc21. The summed E-state index contributed by atoms with van der Waals surface area (Å²) in [5.41, 5.74) is 7.72. The predicted molar refractivity (Wildman–Crippen MR) is 62.0 cm³/mol. The van der Waals surface area contributed by atoms with Crippen molar-refractivity contribution in [3.05, 3.63) is 28.7 Å². The van der Waals surface area contributed by atoms with Crippen LogP contribution in [-0.2, 0) is 5.54 Å². The number of H-pyrrole nitrogens is 1. The van der Waals surface area contributed by atoms with Crippen molar-refractivity contribution in [1.82, 2.24) is 9.55 Å². The van der Waals surface area contributed by atoms with Crippen molar-refractivity contribution in [2.45, 2.75) is 26.3 Å². The second-order valence-corrected chi connectivity index (χ2v) is 4.71. The van der Waals surface area contributed by atoms with Crippen LogP contribution >= 0.6 is 0 Å². The third-order valence-electron chi connectivity index (χ3n) is 2.38. The average Bonchev–Trinajstić information content (AvgIpc) is 2.38. The van der Waals surface area contributed by atoms with Crippen molar-refractivity contribution >= 4 is 16.7 Å². The Hall–Kier alpha value is -1.71. The summed E-state index contributed by atoms with van der Waals surface area (Å²) in [5.74, 6) is 0. The molecule has 1 aromatic carbocycles. The Bertz CT molecular complexity index is 557. The number of fused-ring (bicyclic) bond motifs is 1. The van der Waals surface area contributed by atoms with E-state index in [9.17, 15) is 4.79 Å². The summed E-state index contributed by atoms with van der Waals surface area (Å²) < 4.78 is 1.72. The smallest absolute Gasteiger partial charge is 0.326 e. The van der Waals surface area contributed by atoms with Crippen LogP contribution in [0.4, 0.5) is 5.69 Å². The minimum atomic E-state index is -0.247. The first-order valence-electron chi connectivity index (χ1n) is 4.90. The maximum atomic E-state index is 11.8. The van der Waals surface area contributed by atoms with Crippen LogP contribution in [-0.4, -0.2) is 9.55 Å². The molecule has 0 fully saturated rings. The van der Waals surface area contributed by atoms with Crippen LogP contribution in [0.15, 0.2) is 23.0 Å². The fraction of sp³-hybridized carbons (Fsp3) is 0.364. The lowest BCUT2D eigenvalue weighted by Gasteiger charge is -2.20. The van der Waals surface area contributed by atoms with Crippen LogP contribution in [0.2, 0.25) is 0 Å². The van der Waals surface area contributed by atoms with E-state index in [1.807, 2.05) is 32.9 Å². The fourth-order valence-corrected chi connectivity index (χ4v) is 1.79. The Balaban J connectivity index is 2.89. The van der Waals surface area contributed by atoms with Crippen LogP contribution in [0.5, 0.6) is 0 Å². The Morgan fingerprint density at radius 1 is 1.33 bits per heavy atom. The van der Waals surface area contributed by atoms with E-state index in [0.717, 1.165) is 11.0 Å². The van der Waals surface area contributed by atoms with Gasteiger partial charge in [0.1, 0.15) is 0 Å². The normalized spacial score (nSPS) is 12.2. The third kappa shape index (κ3) is 1.52. The summed E-state index contributed by atoms with van der Waals surface area (Å²) >= 11 is 0. The lowest BCUT2D eigenvalue weighted by Crippen LogP contribution is -2.31. The van der Waals surface area contributed by atoms with Gasteiger partial charge in [0.2, 0.25) is 0 Å². The molecule has 0 spiro atoms. The van der Waals surface area contributed by atoms with Gasteiger partial charge in [0.05, 0.1) is 11.0 Å². The number of aromatic amines is 1. The number of hydrogen-bond acceptors (Lipinski definition) is 2. The molecule has 0 saturated carbocycles. The molecule has 15 heavy (non-hydrogen) atoms. The number of benzene rings is 1. The van der Waals surface area contributed by atoms with Gasteiger partial charge in [-0.3, -0.25) is 4.57 Å². The van der Waals surface area contributed by atoms with Gasteiger partial charge in [0, 0.05) is 11.2 Å². The molecule has 0 radical (unpaired) electrons. The molecule has 80 valence electrons. The number of nitrogens with zero attached hydrogens (tertiary/aromatic N) is 1. The lowest BCUT2D eigenvalue weighted by molar-refractivity contribution is 0.397. The highest BCUT2D eigenvalue weighted by Crippen LogP contribution is 2.20. The van der Waals surface area contributed by atoms with Gasteiger partial charge in [-0.05, 0) is 39.0 Å². The van der Waals surface area contributed by atoms with E-state index in [0.29, 0.717) is 5.69 Å². The van der Waals surface area contributed by atoms with Crippen LogP contribution in [0.25, 0.3) is 11.0 Å². The van der Waals surface area contributed by atoms with Gasteiger partial charge in [0.15, 0.2) is 0 Å². The minimum absolute atomic E-state index is 0.0944. The summed E-state index contributed by atoms with van der Waals surface area (Å²) in [6.45, 7) is 5.97. The summed E-state index contributed by atoms with van der Waals surface area (Å²) in [5, 5.41) is 0. The van der Waals surface area contributed by atoms with Crippen LogP contribution in [0.3, 0.4) is 0 Å². The van der Waals surface area contributed by atoms with Crippen molar-refractivity contribution in [2.75, 3.05) is 5.73 Å². The molecule has 3 N–H and O–H groups in total. The maximum absolute atomic E-state index is 11.8. The highest BCUT2D eigenvalue weighted by atomic mass is 16.1. The molecular weight excluding hydrogens is 190 g/mol. The van der Waals surface area contributed by atoms with Crippen molar-refractivity contribution in [2.24, 2.45) is 0 Å². The first kappa shape index (κ1) is 9.83. The topological polar surface area (TPSA) is 63.8 Å². The largest absolute Gasteiger partial charge is 0.399 e. The molecule has 0 aliphatic rings. The highest BCUT2D eigenvalue weighted by Gasteiger charge is 2.19. The molecule has 0 aliphatic carbocycles. The highest BCUT2D eigenvalue weighted by molar-refractivity contribution is 5.79. The molecule has 0 atom stereocenters. The zero-order valence-corrected chi connectivity index (χ0v) is 9.16. The molecule has 2 aromatic rings. The summed E-state index contributed by atoms with van der Waals surface area (Å²) in [7, 11) is 0. The second-order valence-electron chi connectivity index (χ2n) is 4.71. The van der Waals surface area contributed by atoms with E-state index in [1.54, 1.807) is 10.6 Å². The zero-order chi connectivity index (χ0) is 11.2. The minimum Gasteiger partial charge on any atom is -0.399 e. The fourth-order valence-electron chi connectivity index (χ4n) is 1.79. The molecule has 1 aromatic heterocycles. The molecular formula is C11H15N3O. The monoisotopic (exact) mass is 205 g/mol. The van der Waals surface area contributed by atoms with Crippen LogP contribution < -0.4 is 11.4 Å². The molecule has 1 heterocycles. The quantitative estimate of drug-likeness (QED) is 0.642. The van der Waals surface area contributed by atoms with Crippen molar-refractivity contribution in [1.29, 1.82) is 0 Å². The van der Waals surface area contributed by atoms with E-state index in [2.05, 4.69) is 4.98 Å². The molecule has 0 bridgehead atoms. The van der Waals surface area contributed by atoms with Gasteiger partial charge in [-0.25, -0.2) is 4.79 Å². The number of nitrogen functional groups attached to an aromatic ring is 1. The Labute approximate surface area is 87.7 Å². The van der Waals surface area contributed by atoms with E-state index >= 15 is 0 Å². The zero-order valence-electron chi connectivity index (χ0n) is 9.16. The summed E-state index contributed by atoms with van der Waals surface area (Å²) in [4.78, 5) is 14.6. The van der Waals surface area contributed by atoms with Crippen molar-refractivity contribution in [3.8, 4) is 0 Å². The number of aromatic nitrogens is 2. The van der Waals surface area contributed by atoms with Gasteiger partial charge in [-0.15, -0.1) is 0 Å². The number of anilines is 1. The van der Waals surface area contributed by atoms with E-state index in [4.69, 9.17) is 5.73 Å². The number of imidazole rings is 1. The van der Waals surface area contributed by atoms with E-state index < -0.39 is 0 Å². The van der Waals surface area contributed by atoms with Crippen LogP contribution in [0.1, 0.15) is 20.8 Å². The number of nitrogens with one attached hydrogen (secondary N) is 1. The Kier molecular flexibility index (Phi) is 1.89. The Morgan fingerprint density at radius 2 is 2.00 bits per heavy atom. The predicted octanol–water partition coefficient (Wildman–Crippen LogP) is 1.67. The van der Waals surface area contributed by atoms with Gasteiger partial charge in [-0.2, -0.15) is 0 Å². The molecule has 0 aliphatic heterocycles. The molecule has 2 rings (SSSR count). The summed E-state index contributed by atoms with van der Waals surface area (Å²) in [6.07, 6.45) is 0. The lowest BCUT2D eigenvalue weighted by atomic mass is 10.1. The number of nitrogens with two attached hydrogens (primary N) is 1. The molecule has 4 nitrogen and oxygen atoms in total. The average molecular weight is 205 g/mol. The molecule has 0 unspecified atom stereocenters. The second kappa shape index (κ2) is 2.89. The summed E-state index contributed by atoms with van der Waals surface area (Å²) in [6, 6.07) is 5.43. The van der Waals surface area contributed by atoms with Gasteiger partial charge >= 0.3 is 5.69 Å². The van der Waals surface area contributed by atoms with E-state index in [1.165, 1.54) is 0 Å². The van der Waals surface area contributed by atoms with Gasteiger partial charge in [0.25, 0.3) is 0 Å². The van der Waals surface area contributed by atoms with Crippen molar-refractivity contribution in [3.63, 3.8) is 0 Å². The molecule has 4 heteroatoms.